The maximum Gasteiger partial charge on any atom is 0.318 e. The number of hydrogen-bond donors (Lipinski definition) is 1. The van der Waals surface area contributed by atoms with Gasteiger partial charge in [0.2, 0.25) is 0 Å². The number of hydrogen-bond acceptors (Lipinski definition) is 6. The van der Waals surface area contributed by atoms with Crippen molar-refractivity contribution >= 4 is 6.03 Å². The summed E-state index contributed by atoms with van der Waals surface area (Å²) in [6.07, 6.45) is 4.34. The van der Waals surface area contributed by atoms with E-state index >= 15 is 0 Å². The molecule has 1 N–H and O–H groups in total. The second kappa shape index (κ2) is 8.43. The first-order chi connectivity index (χ1) is 13.1. The van der Waals surface area contributed by atoms with E-state index in [1.165, 1.54) is 4.90 Å². The molecule has 0 spiro atoms. The number of pyridine rings is 1. The van der Waals surface area contributed by atoms with Gasteiger partial charge in [0, 0.05) is 25.9 Å². The van der Waals surface area contributed by atoms with Gasteiger partial charge in [-0.05, 0) is 25.5 Å². The first-order valence-electron chi connectivity index (χ1n) is 8.84. The molecule has 0 aliphatic heterocycles. The van der Waals surface area contributed by atoms with Crippen LogP contribution in [0.25, 0.3) is 11.4 Å². The number of carbonyl (C=O) groups is 1. The summed E-state index contributed by atoms with van der Waals surface area (Å²) in [5.41, 5.74) is 1.36. The van der Waals surface area contributed by atoms with Gasteiger partial charge in [0.15, 0.2) is 11.6 Å². The van der Waals surface area contributed by atoms with E-state index in [9.17, 15) is 4.79 Å². The molecule has 0 fully saturated rings. The highest BCUT2D eigenvalue weighted by molar-refractivity contribution is 5.74. The van der Waals surface area contributed by atoms with Crippen molar-refractivity contribution in [1.82, 2.24) is 35.1 Å². The van der Waals surface area contributed by atoms with E-state index < -0.39 is 0 Å². The summed E-state index contributed by atoms with van der Waals surface area (Å²) in [4.78, 5) is 18.2. The third kappa shape index (κ3) is 4.49. The molecule has 2 amide bonds. The Morgan fingerprint density at radius 1 is 1.37 bits per heavy atom. The molecular weight excluding hydrogens is 346 g/mol. The Morgan fingerprint density at radius 2 is 2.22 bits per heavy atom. The Bertz CT molecular complexity index is 875. The predicted octanol–water partition coefficient (Wildman–Crippen LogP) is 2.64. The summed E-state index contributed by atoms with van der Waals surface area (Å²) in [5.74, 6) is 1.31. The largest absolute Gasteiger partial charge is 0.359 e. The normalized spacial score (nSPS) is 12.0. The summed E-state index contributed by atoms with van der Waals surface area (Å²) in [5, 5.41) is 15.0. The molecule has 9 heteroatoms. The van der Waals surface area contributed by atoms with Crippen molar-refractivity contribution in [3.63, 3.8) is 0 Å². The quantitative estimate of drug-likeness (QED) is 0.687. The molecule has 0 bridgehead atoms. The molecule has 0 radical (unpaired) electrons. The highest BCUT2D eigenvalue weighted by Gasteiger charge is 2.19. The van der Waals surface area contributed by atoms with E-state index in [2.05, 4.69) is 32.6 Å². The van der Waals surface area contributed by atoms with Crippen LogP contribution in [0.5, 0.6) is 0 Å². The van der Waals surface area contributed by atoms with Gasteiger partial charge < -0.3 is 19.3 Å². The smallest absolute Gasteiger partial charge is 0.318 e. The summed E-state index contributed by atoms with van der Waals surface area (Å²) in [6.45, 7) is 5.07. The van der Waals surface area contributed by atoms with E-state index in [0.29, 0.717) is 18.0 Å². The molecule has 0 aliphatic carbocycles. The Morgan fingerprint density at radius 3 is 2.96 bits per heavy atom. The fourth-order valence-electron chi connectivity index (χ4n) is 2.70. The molecule has 0 unspecified atom stereocenters. The van der Waals surface area contributed by atoms with Crippen LogP contribution in [0.3, 0.4) is 0 Å². The van der Waals surface area contributed by atoms with Crippen molar-refractivity contribution in [2.45, 2.75) is 39.4 Å². The van der Waals surface area contributed by atoms with Crippen LogP contribution in [0.4, 0.5) is 4.79 Å². The van der Waals surface area contributed by atoms with Gasteiger partial charge in [0.05, 0.1) is 18.3 Å². The molecule has 3 aromatic rings. The second-order valence-corrected chi connectivity index (χ2v) is 6.30. The number of urea groups is 1. The van der Waals surface area contributed by atoms with E-state index in [1.54, 1.807) is 25.6 Å². The van der Waals surface area contributed by atoms with Gasteiger partial charge >= 0.3 is 6.03 Å². The van der Waals surface area contributed by atoms with Crippen molar-refractivity contribution in [2.24, 2.45) is 0 Å². The third-order valence-electron chi connectivity index (χ3n) is 4.06. The topological polar surface area (TPSA) is 102 Å². The minimum absolute atomic E-state index is 0.232. The maximum atomic E-state index is 12.5. The van der Waals surface area contributed by atoms with E-state index in [4.69, 9.17) is 4.52 Å². The van der Waals surface area contributed by atoms with Crippen LogP contribution in [0, 0.1) is 0 Å². The predicted molar refractivity (Wildman–Crippen MR) is 98.5 cm³/mol. The van der Waals surface area contributed by atoms with Gasteiger partial charge in [-0.25, -0.2) is 4.79 Å². The summed E-state index contributed by atoms with van der Waals surface area (Å²) in [7, 11) is 1.70. The molecule has 0 aromatic carbocycles. The SMILES string of the molecule is CCCn1cnnc1[C@@H](C)NC(=O)N(C)Cc1cc(-c2ccccn2)no1. The summed E-state index contributed by atoms with van der Waals surface area (Å²) >= 11 is 0. The molecule has 3 rings (SSSR count). The molecule has 9 nitrogen and oxygen atoms in total. The minimum atomic E-state index is -0.257. The van der Waals surface area contributed by atoms with Crippen LogP contribution in [0.2, 0.25) is 0 Å². The zero-order valence-corrected chi connectivity index (χ0v) is 15.7. The monoisotopic (exact) mass is 369 g/mol. The second-order valence-electron chi connectivity index (χ2n) is 6.30. The molecular formula is C18H23N7O2. The molecule has 1 atom stereocenters. The van der Waals surface area contributed by atoms with Gasteiger partial charge in [-0.1, -0.05) is 18.1 Å². The number of nitrogens with zero attached hydrogens (tertiary/aromatic N) is 6. The minimum Gasteiger partial charge on any atom is -0.359 e. The van der Waals surface area contributed by atoms with Crippen molar-refractivity contribution in [3.8, 4) is 11.4 Å². The zero-order valence-electron chi connectivity index (χ0n) is 15.7. The molecule has 3 aromatic heterocycles. The van der Waals surface area contributed by atoms with Gasteiger partial charge in [0.1, 0.15) is 12.0 Å². The van der Waals surface area contributed by atoms with Crippen LogP contribution >= 0.6 is 0 Å². The van der Waals surface area contributed by atoms with Crippen molar-refractivity contribution in [3.05, 3.63) is 48.4 Å². The summed E-state index contributed by atoms with van der Waals surface area (Å²) in [6, 6.07) is 6.87. The van der Waals surface area contributed by atoms with E-state index in [0.717, 1.165) is 24.5 Å². The lowest BCUT2D eigenvalue weighted by atomic mass is 10.2. The first-order valence-corrected chi connectivity index (χ1v) is 8.84. The first kappa shape index (κ1) is 18.6. The van der Waals surface area contributed by atoms with Gasteiger partial charge in [0.25, 0.3) is 0 Å². The molecule has 0 saturated carbocycles. The lowest BCUT2D eigenvalue weighted by Crippen LogP contribution is -2.38. The lowest BCUT2D eigenvalue weighted by Gasteiger charge is -2.20. The Labute approximate surface area is 157 Å². The molecule has 0 saturated heterocycles. The average Bonchev–Trinajstić information content (AvgIpc) is 3.32. The van der Waals surface area contributed by atoms with Crippen LogP contribution in [0.1, 0.15) is 37.9 Å². The number of nitrogens with one attached hydrogen (secondary N) is 1. The van der Waals surface area contributed by atoms with Crippen molar-refractivity contribution in [1.29, 1.82) is 0 Å². The van der Waals surface area contributed by atoms with Crippen LogP contribution in [-0.4, -0.2) is 42.9 Å². The van der Waals surface area contributed by atoms with E-state index in [1.807, 2.05) is 29.7 Å². The highest BCUT2D eigenvalue weighted by atomic mass is 16.5. The summed E-state index contributed by atoms with van der Waals surface area (Å²) < 4.78 is 7.28. The Hall–Kier alpha value is -3.23. The fraction of sp³-hybridized carbons (Fsp3) is 0.389. The third-order valence-corrected chi connectivity index (χ3v) is 4.06. The molecule has 142 valence electrons. The van der Waals surface area contributed by atoms with Gasteiger partial charge in [-0.2, -0.15) is 0 Å². The molecule has 27 heavy (non-hydrogen) atoms. The fourth-order valence-corrected chi connectivity index (χ4v) is 2.70. The van der Waals surface area contributed by atoms with Crippen molar-refractivity contribution < 1.29 is 9.32 Å². The van der Waals surface area contributed by atoms with Gasteiger partial charge in [-0.15, -0.1) is 10.2 Å². The number of carbonyl (C=O) groups excluding carboxylic acids is 1. The Kier molecular flexibility index (Phi) is 5.80. The molecule has 0 aliphatic rings. The number of amides is 2. The maximum absolute atomic E-state index is 12.5. The number of aromatic nitrogens is 5. The zero-order chi connectivity index (χ0) is 19.2. The van der Waals surface area contributed by atoms with Crippen LogP contribution in [-0.2, 0) is 13.1 Å². The molecule has 3 heterocycles. The van der Waals surface area contributed by atoms with Crippen LogP contribution < -0.4 is 5.32 Å². The van der Waals surface area contributed by atoms with Gasteiger partial charge in [-0.3, -0.25) is 4.98 Å². The Balaban J connectivity index is 1.59. The van der Waals surface area contributed by atoms with Crippen molar-refractivity contribution in [2.75, 3.05) is 7.05 Å². The lowest BCUT2D eigenvalue weighted by molar-refractivity contribution is 0.197. The number of rotatable bonds is 7. The highest BCUT2D eigenvalue weighted by Crippen LogP contribution is 2.17. The van der Waals surface area contributed by atoms with E-state index in [-0.39, 0.29) is 12.1 Å². The average molecular weight is 369 g/mol. The standard InChI is InChI=1S/C18H23N7O2/c1-4-9-25-12-20-22-17(25)13(2)21-18(26)24(3)11-14-10-16(23-27-14)15-7-5-6-8-19-15/h5-8,10,12-13H,4,9,11H2,1-3H3,(H,21,26)/t13-/m1/s1. The number of aryl methyl sites for hydroxylation is 1. The van der Waals surface area contributed by atoms with Crippen LogP contribution in [0.15, 0.2) is 41.3 Å².